The lowest BCUT2D eigenvalue weighted by atomic mass is 10.2. The highest BCUT2D eigenvalue weighted by Crippen LogP contribution is 2.17. The van der Waals surface area contributed by atoms with Crippen LogP contribution in [0, 0.1) is 5.82 Å². The summed E-state index contributed by atoms with van der Waals surface area (Å²) in [6.07, 6.45) is -0.411. The van der Waals surface area contributed by atoms with Crippen molar-refractivity contribution >= 4 is 23.2 Å². The Labute approximate surface area is 127 Å². The fraction of sp³-hybridized carbons (Fsp3) is 0.125. The minimum Gasteiger partial charge on any atom is -0.497 e. The van der Waals surface area contributed by atoms with Crippen molar-refractivity contribution in [3.63, 3.8) is 0 Å². The summed E-state index contributed by atoms with van der Waals surface area (Å²) in [5, 5.41) is 4.92. The first kappa shape index (κ1) is 15.5. The molecule has 2 rings (SSSR count). The molecular weight excluding hydrogens is 287 g/mol. The van der Waals surface area contributed by atoms with Crippen LogP contribution in [0.5, 0.6) is 5.75 Å². The number of halogens is 1. The minimum atomic E-state index is -0.592. The van der Waals surface area contributed by atoms with Gasteiger partial charge in [-0.25, -0.2) is 4.39 Å². The van der Waals surface area contributed by atoms with E-state index in [0.29, 0.717) is 11.4 Å². The van der Waals surface area contributed by atoms with Crippen molar-refractivity contribution in [3.8, 4) is 5.75 Å². The van der Waals surface area contributed by atoms with Crippen LogP contribution in [0.15, 0.2) is 48.5 Å². The Morgan fingerprint density at radius 3 is 2.50 bits per heavy atom. The van der Waals surface area contributed by atoms with Gasteiger partial charge in [0.2, 0.25) is 11.8 Å². The molecule has 0 saturated heterocycles. The van der Waals surface area contributed by atoms with Gasteiger partial charge in [-0.15, -0.1) is 0 Å². The average molecular weight is 302 g/mol. The summed E-state index contributed by atoms with van der Waals surface area (Å²) in [5.41, 5.74) is 0.560. The van der Waals surface area contributed by atoms with Crippen LogP contribution in [-0.2, 0) is 9.59 Å². The molecule has 0 aliphatic heterocycles. The van der Waals surface area contributed by atoms with Gasteiger partial charge in [0, 0.05) is 11.8 Å². The normalized spacial score (nSPS) is 9.91. The quantitative estimate of drug-likeness (QED) is 0.835. The van der Waals surface area contributed by atoms with Gasteiger partial charge < -0.3 is 15.4 Å². The Morgan fingerprint density at radius 2 is 1.77 bits per heavy atom. The Kier molecular flexibility index (Phi) is 5.08. The molecule has 114 valence electrons. The SMILES string of the molecule is COc1cccc(NC(=O)CC(=O)Nc2ccccc2F)c1. The summed E-state index contributed by atoms with van der Waals surface area (Å²) in [5.74, 6) is -1.05. The number of carbonyl (C=O) groups is 2. The van der Waals surface area contributed by atoms with Gasteiger partial charge in [-0.2, -0.15) is 0 Å². The molecular formula is C16H15FN2O3. The van der Waals surface area contributed by atoms with Crippen LogP contribution in [0.3, 0.4) is 0 Å². The van der Waals surface area contributed by atoms with Gasteiger partial charge in [0.15, 0.2) is 0 Å². The average Bonchev–Trinajstić information content (AvgIpc) is 2.49. The second kappa shape index (κ2) is 7.21. The number of carbonyl (C=O) groups excluding carboxylic acids is 2. The molecule has 0 radical (unpaired) electrons. The van der Waals surface area contributed by atoms with Crippen LogP contribution in [-0.4, -0.2) is 18.9 Å². The highest BCUT2D eigenvalue weighted by atomic mass is 19.1. The number of benzene rings is 2. The largest absolute Gasteiger partial charge is 0.497 e. The first-order valence-electron chi connectivity index (χ1n) is 6.57. The van der Waals surface area contributed by atoms with Gasteiger partial charge in [0.05, 0.1) is 12.8 Å². The lowest BCUT2D eigenvalue weighted by Gasteiger charge is -2.08. The molecule has 0 spiro atoms. The van der Waals surface area contributed by atoms with Gasteiger partial charge in [0.25, 0.3) is 0 Å². The zero-order valence-corrected chi connectivity index (χ0v) is 11.9. The van der Waals surface area contributed by atoms with Crippen molar-refractivity contribution in [3.05, 3.63) is 54.3 Å². The highest BCUT2D eigenvalue weighted by Gasteiger charge is 2.12. The maximum absolute atomic E-state index is 13.4. The number of nitrogens with one attached hydrogen (secondary N) is 2. The van der Waals surface area contributed by atoms with Crippen LogP contribution >= 0.6 is 0 Å². The van der Waals surface area contributed by atoms with E-state index in [9.17, 15) is 14.0 Å². The molecule has 0 aromatic heterocycles. The van der Waals surface area contributed by atoms with Gasteiger partial charge in [0.1, 0.15) is 18.0 Å². The van der Waals surface area contributed by atoms with Crippen molar-refractivity contribution in [2.45, 2.75) is 6.42 Å². The third kappa shape index (κ3) is 4.31. The molecule has 2 aromatic rings. The van der Waals surface area contributed by atoms with Crippen molar-refractivity contribution < 1.29 is 18.7 Å². The van der Waals surface area contributed by atoms with Gasteiger partial charge in [-0.1, -0.05) is 18.2 Å². The van der Waals surface area contributed by atoms with E-state index in [4.69, 9.17) is 4.74 Å². The van der Waals surface area contributed by atoms with Crippen LogP contribution < -0.4 is 15.4 Å². The smallest absolute Gasteiger partial charge is 0.233 e. The summed E-state index contributed by atoms with van der Waals surface area (Å²) in [4.78, 5) is 23.5. The molecule has 0 unspecified atom stereocenters. The first-order chi connectivity index (χ1) is 10.6. The van der Waals surface area contributed by atoms with Crippen molar-refractivity contribution in [2.75, 3.05) is 17.7 Å². The fourth-order valence-electron chi connectivity index (χ4n) is 1.81. The molecule has 0 aliphatic rings. The predicted octanol–water partition coefficient (Wildman–Crippen LogP) is 2.80. The lowest BCUT2D eigenvalue weighted by molar-refractivity contribution is -0.123. The number of amides is 2. The molecule has 6 heteroatoms. The number of hydrogen-bond donors (Lipinski definition) is 2. The van der Waals surface area contributed by atoms with E-state index in [1.807, 2.05) is 0 Å². The Bertz CT molecular complexity index is 689. The van der Waals surface area contributed by atoms with Crippen LogP contribution in [0.25, 0.3) is 0 Å². The Balaban J connectivity index is 1.91. The standard InChI is InChI=1S/C16H15FN2O3/c1-22-12-6-4-5-11(9-12)18-15(20)10-16(21)19-14-8-3-2-7-13(14)17/h2-9H,10H2,1H3,(H,18,20)(H,19,21). The zero-order valence-electron chi connectivity index (χ0n) is 11.9. The van der Waals surface area contributed by atoms with Crippen LogP contribution in [0.4, 0.5) is 15.8 Å². The van der Waals surface area contributed by atoms with E-state index in [0.717, 1.165) is 0 Å². The number of para-hydroxylation sites is 1. The molecule has 0 saturated carbocycles. The molecule has 2 aromatic carbocycles. The molecule has 0 heterocycles. The third-order valence-electron chi connectivity index (χ3n) is 2.82. The Hall–Kier alpha value is -2.89. The zero-order chi connectivity index (χ0) is 15.9. The van der Waals surface area contributed by atoms with Gasteiger partial charge in [-0.3, -0.25) is 9.59 Å². The van der Waals surface area contributed by atoms with Gasteiger partial charge >= 0.3 is 0 Å². The second-order valence-corrected chi connectivity index (χ2v) is 4.48. The van der Waals surface area contributed by atoms with Gasteiger partial charge in [-0.05, 0) is 24.3 Å². The molecule has 2 amide bonds. The van der Waals surface area contributed by atoms with Crippen molar-refractivity contribution in [1.29, 1.82) is 0 Å². The first-order valence-corrected chi connectivity index (χ1v) is 6.57. The monoisotopic (exact) mass is 302 g/mol. The molecule has 22 heavy (non-hydrogen) atoms. The van der Waals surface area contributed by atoms with E-state index < -0.39 is 24.1 Å². The van der Waals surface area contributed by atoms with Crippen LogP contribution in [0.1, 0.15) is 6.42 Å². The molecule has 0 fully saturated rings. The summed E-state index contributed by atoms with van der Waals surface area (Å²) in [6.45, 7) is 0. The highest BCUT2D eigenvalue weighted by molar-refractivity contribution is 6.08. The van der Waals surface area contributed by atoms with Crippen LogP contribution in [0.2, 0.25) is 0 Å². The maximum Gasteiger partial charge on any atom is 0.233 e. The molecule has 0 bridgehead atoms. The summed E-state index contributed by atoms with van der Waals surface area (Å²) >= 11 is 0. The van der Waals surface area contributed by atoms with E-state index >= 15 is 0 Å². The van der Waals surface area contributed by atoms with E-state index in [1.54, 1.807) is 30.3 Å². The number of ether oxygens (including phenoxy) is 1. The number of rotatable bonds is 5. The number of anilines is 2. The predicted molar refractivity (Wildman–Crippen MR) is 81.3 cm³/mol. The van der Waals surface area contributed by atoms with E-state index in [1.165, 1.54) is 25.3 Å². The topological polar surface area (TPSA) is 67.4 Å². The molecule has 2 N–H and O–H groups in total. The third-order valence-corrected chi connectivity index (χ3v) is 2.82. The second-order valence-electron chi connectivity index (χ2n) is 4.48. The van der Waals surface area contributed by atoms with E-state index in [2.05, 4.69) is 10.6 Å². The number of methoxy groups -OCH3 is 1. The lowest BCUT2D eigenvalue weighted by Crippen LogP contribution is -2.21. The summed E-state index contributed by atoms with van der Waals surface area (Å²) in [7, 11) is 1.52. The molecule has 0 aliphatic carbocycles. The molecule has 0 atom stereocenters. The molecule has 5 nitrogen and oxygen atoms in total. The minimum absolute atomic E-state index is 0.0432. The summed E-state index contributed by atoms with van der Waals surface area (Å²) < 4.78 is 18.4. The summed E-state index contributed by atoms with van der Waals surface area (Å²) in [6, 6.07) is 12.5. The van der Waals surface area contributed by atoms with Crippen molar-refractivity contribution in [2.24, 2.45) is 0 Å². The fourth-order valence-corrected chi connectivity index (χ4v) is 1.81. The number of hydrogen-bond acceptors (Lipinski definition) is 3. The van der Waals surface area contributed by atoms with Crippen molar-refractivity contribution in [1.82, 2.24) is 0 Å². The van der Waals surface area contributed by atoms with E-state index in [-0.39, 0.29) is 5.69 Å². The Morgan fingerprint density at radius 1 is 1.05 bits per heavy atom. The maximum atomic E-state index is 13.4.